The summed E-state index contributed by atoms with van der Waals surface area (Å²) in [6, 6.07) is 16.8. The lowest BCUT2D eigenvalue weighted by molar-refractivity contribution is -0.144. The van der Waals surface area contributed by atoms with E-state index in [0.29, 0.717) is 19.3 Å². The van der Waals surface area contributed by atoms with E-state index in [9.17, 15) is 19.2 Å². The van der Waals surface area contributed by atoms with Gasteiger partial charge in [0.2, 0.25) is 23.6 Å². The van der Waals surface area contributed by atoms with Crippen molar-refractivity contribution in [2.45, 2.75) is 70.0 Å². The summed E-state index contributed by atoms with van der Waals surface area (Å²) in [5.41, 5.74) is 1.85. The van der Waals surface area contributed by atoms with Crippen LogP contribution in [0.15, 0.2) is 71.2 Å². The molecule has 0 radical (unpaired) electrons. The highest BCUT2D eigenvalue weighted by Crippen LogP contribution is 2.35. The molecule has 0 aromatic heterocycles. The topological polar surface area (TPSA) is 86.8 Å². The van der Waals surface area contributed by atoms with Crippen LogP contribution in [0, 0.1) is 11.8 Å². The maximum Gasteiger partial charge on any atom is 0.243 e. The lowest BCUT2D eigenvalue weighted by atomic mass is 9.85. The molecule has 2 aromatic rings. The normalized spacial score (nSPS) is 21.4. The number of carbonyl (C=O) groups excluding carboxylic acids is 4. The van der Waals surface area contributed by atoms with Crippen LogP contribution in [-0.2, 0) is 32.1 Å². The van der Waals surface area contributed by atoms with E-state index in [-0.39, 0.29) is 61.0 Å². The van der Waals surface area contributed by atoms with Crippen LogP contribution >= 0.6 is 15.9 Å². The number of carbonyl (C=O) groups is 4. The minimum atomic E-state index is -0.730. The van der Waals surface area contributed by atoms with Gasteiger partial charge in [0.05, 0.1) is 11.8 Å². The molecule has 4 amide bonds. The van der Waals surface area contributed by atoms with Crippen LogP contribution in [0.5, 0.6) is 0 Å². The number of hydrogen-bond acceptors (Lipinski definition) is 4. The molecular formula is C32H36BrN3O4. The predicted molar refractivity (Wildman–Crippen MR) is 156 cm³/mol. The predicted octanol–water partition coefficient (Wildman–Crippen LogP) is 4.79. The fourth-order valence-corrected chi connectivity index (χ4v) is 6.64. The lowest BCUT2D eigenvalue weighted by Crippen LogP contribution is -2.52. The number of halogens is 1. The van der Waals surface area contributed by atoms with Crippen molar-refractivity contribution in [2.24, 2.45) is 11.8 Å². The summed E-state index contributed by atoms with van der Waals surface area (Å²) < 4.78 is 0.886. The highest BCUT2D eigenvalue weighted by atomic mass is 79.9. The summed E-state index contributed by atoms with van der Waals surface area (Å²) >= 11 is 3.52. The highest BCUT2D eigenvalue weighted by Gasteiger charge is 2.47. The van der Waals surface area contributed by atoms with Gasteiger partial charge < -0.3 is 10.2 Å². The Morgan fingerprint density at radius 2 is 1.57 bits per heavy atom. The van der Waals surface area contributed by atoms with Gasteiger partial charge in [0, 0.05) is 36.4 Å². The Balaban J connectivity index is 1.39. The van der Waals surface area contributed by atoms with Crippen LogP contribution in [0.2, 0.25) is 0 Å². The highest BCUT2D eigenvalue weighted by molar-refractivity contribution is 9.10. The summed E-state index contributed by atoms with van der Waals surface area (Å²) in [5.74, 6) is -1.45. The van der Waals surface area contributed by atoms with Gasteiger partial charge in [0.1, 0.15) is 6.04 Å². The Morgan fingerprint density at radius 1 is 0.925 bits per heavy atom. The standard InChI is InChI=1S/C32H36BrN3O4/c33-24-12-8-11-23(19-24)21-36(29(37)17-18-35-31(39)26-15-6-7-16-27(26)32(35)40)28(20-22-9-2-1-3-10-22)30(38)34-25-13-4-5-14-25/h1-3,6-12,19,25-28H,4-5,13-18,20-21H2,(H,34,38)/t26-,27+,28-/m1/s1. The molecule has 210 valence electrons. The number of rotatable bonds is 10. The molecule has 1 saturated carbocycles. The summed E-state index contributed by atoms with van der Waals surface area (Å²) in [7, 11) is 0. The molecule has 8 heteroatoms. The maximum absolute atomic E-state index is 14.0. The number of benzene rings is 2. The average molecular weight is 607 g/mol. The minimum Gasteiger partial charge on any atom is -0.352 e. The third kappa shape index (κ3) is 6.54. The van der Waals surface area contributed by atoms with E-state index in [1.165, 1.54) is 4.90 Å². The van der Waals surface area contributed by atoms with Crippen molar-refractivity contribution < 1.29 is 19.2 Å². The molecule has 7 nitrogen and oxygen atoms in total. The van der Waals surface area contributed by atoms with Crippen LogP contribution in [0.1, 0.15) is 56.1 Å². The largest absolute Gasteiger partial charge is 0.352 e. The van der Waals surface area contributed by atoms with Crippen LogP contribution < -0.4 is 5.32 Å². The Bertz CT molecular complexity index is 1250. The molecule has 3 atom stereocenters. The first kappa shape index (κ1) is 28.3. The Hall–Kier alpha value is -3.26. The van der Waals surface area contributed by atoms with E-state index < -0.39 is 6.04 Å². The van der Waals surface area contributed by atoms with Crippen molar-refractivity contribution in [3.8, 4) is 0 Å². The molecule has 40 heavy (non-hydrogen) atoms. The van der Waals surface area contributed by atoms with Crippen LogP contribution in [0.3, 0.4) is 0 Å². The number of imide groups is 1. The van der Waals surface area contributed by atoms with Gasteiger partial charge in [0.15, 0.2) is 0 Å². The quantitative estimate of drug-likeness (QED) is 0.312. The Kier molecular flexibility index (Phi) is 9.15. The first-order chi connectivity index (χ1) is 19.4. The molecule has 1 N–H and O–H groups in total. The van der Waals surface area contributed by atoms with Crippen molar-refractivity contribution in [1.82, 2.24) is 15.1 Å². The SMILES string of the molecule is O=C(NC1CCCC1)[C@@H](Cc1ccccc1)N(Cc1cccc(Br)c1)C(=O)CCN1C(=O)[C@H]2CC=CC[C@H]2C1=O. The molecule has 2 aliphatic carbocycles. The molecule has 5 rings (SSSR count). The first-order valence-electron chi connectivity index (χ1n) is 14.3. The molecule has 1 aliphatic heterocycles. The molecule has 0 bridgehead atoms. The third-order valence-electron chi connectivity index (χ3n) is 8.36. The summed E-state index contributed by atoms with van der Waals surface area (Å²) in [6.07, 6.45) is 9.45. The zero-order valence-electron chi connectivity index (χ0n) is 22.6. The van der Waals surface area contributed by atoms with Crippen molar-refractivity contribution in [1.29, 1.82) is 0 Å². The Morgan fingerprint density at radius 3 is 2.23 bits per heavy atom. The summed E-state index contributed by atoms with van der Waals surface area (Å²) in [4.78, 5) is 56.7. The van der Waals surface area contributed by atoms with Gasteiger partial charge in [0.25, 0.3) is 0 Å². The number of amides is 4. The van der Waals surface area contributed by atoms with E-state index >= 15 is 0 Å². The van der Waals surface area contributed by atoms with Crippen molar-refractivity contribution in [3.05, 3.63) is 82.3 Å². The van der Waals surface area contributed by atoms with Gasteiger partial charge in [-0.1, -0.05) is 83.4 Å². The van der Waals surface area contributed by atoms with Crippen molar-refractivity contribution in [3.63, 3.8) is 0 Å². The number of fused-ring (bicyclic) bond motifs is 1. The number of nitrogens with zero attached hydrogens (tertiary/aromatic N) is 2. The molecule has 0 spiro atoms. The molecule has 0 unspecified atom stereocenters. The van der Waals surface area contributed by atoms with Gasteiger partial charge >= 0.3 is 0 Å². The number of allylic oxidation sites excluding steroid dienone is 2. The van der Waals surface area contributed by atoms with Crippen molar-refractivity contribution in [2.75, 3.05) is 6.54 Å². The number of likely N-dealkylation sites (tertiary alicyclic amines) is 1. The minimum absolute atomic E-state index is 0.0274. The zero-order valence-corrected chi connectivity index (χ0v) is 24.2. The fourth-order valence-electron chi connectivity index (χ4n) is 6.19. The van der Waals surface area contributed by atoms with Crippen LogP contribution in [-0.4, -0.2) is 52.1 Å². The Labute approximate surface area is 244 Å². The average Bonchev–Trinajstić information content (AvgIpc) is 3.56. The van der Waals surface area contributed by atoms with E-state index in [2.05, 4.69) is 21.2 Å². The van der Waals surface area contributed by atoms with Gasteiger partial charge in [-0.3, -0.25) is 24.1 Å². The maximum atomic E-state index is 14.0. The molecular weight excluding hydrogens is 570 g/mol. The second-order valence-corrected chi connectivity index (χ2v) is 12.0. The van der Waals surface area contributed by atoms with Gasteiger partial charge in [-0.25, -0.2) is 0 Å². The molecule has 1 saturated heterocycles. The van der Waals surface area contributed by atoms with E-state index in [4.69, 9.17) is 0 Å². The second kappa shape index (κ2) is 12.9. The van der Waals surface area contributed by atoms with Crippen LogP contribution in [0.25, 0.3) is 0 Å². The van der Waals surface area contributed by atoms with Gasteiger partial charge in [-0.15, -0.1) is 0 Å². The van der Waals surface area contributed by atoms with E-state index in [1.807, 2.05) is 66.7 Å². The molecule has 2 aromatic carbocycles. The van der Waals surface area contributed by atoms with Crippen LogP contribution in [0.4, 0.5) is 0 Å². The van der Waals surface area contributed by atoms with E-state index in [0.717, 1.165) is 41.3 Å². The summed E-state index contributed by atoms with van der Waals surface area (Å²) in [6.45, 7) is 0.270. The monoisotopic (exact) mass is 605 g/mol. The smallest absolute Gasteiger partial charge is 0.243 e. The van der Waals surface area contributed by atoms with Crippen molar-refractivity contribution >= 4 is 39.6 Å². The third-order valence-corrected chi connectivity index (χ3v) is 8.86. The fraction of sp³-hybridized carbons (Fsp3) is 0.438. The lowest BCUT2D eigenvalue weighted by Gasteiger charge is -2.33. The molecule has 1 heterocycles. The first-order valence-corrected chi connectivity index (χ1v) is 15.1. The zero-order chi connectivity index (χ0) is 28.1. The summed E-state index contributed by atoms with van der Waals surface area (Å²) in [5, 5.41) is 3.21. The second-order valence-electron chi connectivity index (χ2n) is 11.1. The number of hydrogen-bond donors (Lipinski definition) is 1. The number of nitrogens with one attached hydrogen (secondary N) is 1. The van der Waals surface area contributed by atoms with Gasteiger partial charge in [-0.2, -0.15) is 0 Å². The molecule has 3 aliphatic rings. The van der Waals surface area contributed by atoms with E-state index in [1.54, 1.807) is 4.90 Å². The van der Waals surface area contributed by atoms with Gasteiger partial charge in [-0.05, 0) is 48.9 Å². The molecule has 2 fully saturated rings.